The second kappa shape index (κ2) is 23.3. The molecule has 0 saturated heterocycles. The second-order valence-electron chi connectivity index (χ2n) is 12.5. The summed E-state index contributed by atoms with van der Waals surface area (Å²) >= 11 is 11.8. The van der Waals surface area contributed by atoms with Crippen molar-refractivity contribution in [2.45, 2.75) is 44.9 Å². The molecule has 0 amide bonds. The van der Waals surface area contributed by atoms with Gasteiger partial charge >= 0.3 is 11.9 Å². The van der Waals surface area contributed by atoms with Crippen LogP contribution in [0.15, 0.2) is 132 Å². The molecule has 4 aromatic carbocycles. The molecule has 0 unspecified atom stereocenters. The van der Waals surface area contributed by atoms with Crippen LogP contribution in [-0.4, -0.2) is 52.0 Å². The standard InChI is InChI=1S/C21H19ClN2O5S.C14H13ClN2O3.C7H7ClO2S.CH4/c1-3-28-21(25)19-11-16(24-30(26,27)18-7-4-14(2)5-8-18)6-9-20(19)29-17-10-15(22)12-23-13-17;1-2-19-14(18)12-6-10(16)3-4-13(12)20-11-5-9(15)7-17-8-11;1-6-2-4-7(5-3-6)11(8,9)10;/h4-13,24H,3H2,1-2H3;3-8H,2,16H2,1H3;2-5H,1H3;1H4. The summed E-state index contributed by atoms with van der Waals surface area (Å²) in [5.74, 6) is 0.107. The van der Waals surface area contributed by atoms with Gasteiger partial charge in [-0.05, 0) is 88.4 Å². The number of anilines is 2. The van der Waals surface area contributed by atoms with E-state index in [1.54, 1.807) is 56.3 Å². The molecule has 328 valence electrons. The highest BCUT2D eigenvalue weighted by Gasteiger charge is 2.20. The van der Waals surface area contributed by atoms with Crippen molar-refractivity contribution in [1.29, 1.82) is 0 Å². The number of carbonyl (C=O) groups excluding carboxylic acids is 2. The van der Waals surface area contributed by atoms with Gasteiger partial charge in [0, 0.05) is 46.6 Å². The lowest BCUT2D eigenvalue weighted by Gasteiger charge is -2.14. The van der Waals surface area contributed by atoms with Crippen molar-refractivity contribution in [2.75, 3.05) is 23.7 Å². The van der Waals surface area contributed by atoms with Crippen LogP contribution in [-0.2, 0) is 28.5 Å². The lowest BCUT2D eigenvalue weighted by Crippen LogP contribution is -2.14. The number of rotatable bonds is 12. The maximum Gasteiger partial charge on any atom is 0.342 e. The fourth-order valence-corrected chi connectivity index (χ4v) is 6.99. The summed E-state index contributed by atoms with van der Waals surface area (Å²) in [6.45, 7) is 7.56. The molecular weight excluding hydrogens is 903 g/mol. The van der Waals surface area contributed by atoms with Gasteiger partial charge in [0.25, 0.3) is 19.1 Å². The summed E-state index contributed by atoms with van der Waals surface area (Å²) in [5, 5.41) is 0.809. The third kappa shape index (κ3) is 15.5. The number of nitrogens with one attached hydrogen (secondary N) is 1. The van der Waals surface area contributed by atoms with Crippen LogP contribution < -0.4 is 19.9 Å². The van der Waals surface area contributed by atoms with Gasteiger partial charge in [0.15, 0.2) is 0 Å². The van der Waals surface area contributed by atoms with E-state index in [9.17, 15) is 26.4 Å². The molecule has 19 heteroatoms. The number of hydrogen-bond acceptors (Lipinski definition) is 13. The molecule has 0 bridgehead atoms. The maximum absolute atomic E-state index is 12.7. The molecule has 2 heterocycles. The fraction of sp³-hybridized carbons (Fsp3) is 0.163. The Morgan fingerprint density at radius 2 is 1.06 bits per heavy atom. The van der Waals surface area contributed by atoms with Crippen molar-refractivity contribution in [2.24, 2.45) is 0 Å². The molecule has 62 heavy (non-hydrogen) atoms. The highest BCUT2D eigenvalue weighted by molar-refractivity contribution is 8.13. The Balaban J connectivity index is 0.000000275. The third-order valence-corrected chi connectivity index (χ3v) is 10.9. The number of ether oxygens (including phenoxy) is 4. The number of aryl methyl sites for hydroxylation is 2. The van der Waals surface area contributed by atoms with Gasteiger partial charge < -0.3 is 24.7 Å². The van der Waals surface area contributed by atoms with Crippen LogP contribution in [0.25, 0.3) is 0 Å². The lowest BCUT2D eigenvalue weighted by molar-refractivity contribution is 0.0513. The summed E-state index contributed by atoms with van der Waals surface area (Å²) in [4.78, 5) is 32.4. The van der Waals surface area contributed by atoms with E-state index in [2.05, 4.69) is 14.7 Å². The van der Waals surface area contributed by atoms with E-state index in [0.29, 0.717) is 33.0 Å². The van der Waals surface area contributed by atoms with E-state index in [1.165, 1.54) is 79.4 Å². The number of nitrogen functional groups attached to an aromatic ring is 1. The maximum atomic E-state index is 12.7. The van der Waals surface area contributed by atoms with Crippen LogP contribution in [0.2, 0.25) is 10.0 Å². The Hall–Kier alpha value is -5.91. The van der Waals surface area contributed by atoms with E-state index in [-0.39, 0.29) is 53.0 Å². The molecular formula is C43H43Cl3N4O10S2. The molecule has 0 spiro atoms. The molecule has 0 aliphatic carbocycles. The largest absolute Gasteiger partial charge is 0.462 e. The monoisotopic (exact) mass is 944 g/mol. The quantitative estimate of drug-likeness (QED) is 0.0667. The molecule has 3 N–H and O–H groups in total. The smallest absolute Gasteiger partial charge is 0.342 e. The van der Waals surface area contributed by atoms with Gasteiger partial charge in [0.05, 0.1) is 45.4 Å². The number of aromatic nitrogens is 2. The van der Waals surface area contributed by atoms with Crippen molar-refractivity contribution in [3.05, 3.63) is 154 Å². The molecule has 6 aromatic rings. The molecule has 6 rings (SSSR count). The Bertz CT molecular complexity index is 2690. The van der Waals surface area contributed by atoms with Crippen LogP contribution in [0.1, 0.15) is 53.1 Å². The molecule has 0 fully saturated rings. The summed E-state index contributed by atoms with van der Waals surface area (Å²) in [7, 11) is -2.30. The Morgan fingerprint density at radius 1 is 0.629 bits per heavy atom. The number of sulfonamides is 1. The number of halogens is 3. The SMILES string of the molecule is C.CCOC(=O)c1cc(N)ccc1Oc1cncc(Cl)c1.CCOC(=O)c1cc(NS(=O)(=O)c2ccc(C)cc2)ccc1Oc1cncc(Cl)c1.Cc1ccc(S(=O)(=O)Cl)cc1. The molecule has 2 aromatic heterocycles. The average molecular weight is 946 g/mol. The minimum absolute atomic E-state index is 0. The van der Waals surface area contributed by atoms with E-state index in [1.807, 2.05) is 13.8 Å². The zero-order chi connectivity index (χ0) is 44.7. The van der Waals surface area contributed by atoms with Crippen LogP contribution in [0.5, 0.6) is 23.0 Å². The van der Waals surface area contributed by atoms with E-state index < -0.39 is 31.0 Å². The predicted molar refractivity (Wildman–Crippen MR) is 241 cm³/mol. The molecule has 0 radical (unpaired) electrons. The minimum atomic E-state index is -3.83. The first kappa shape index (κ1) is 50.4. The topological polar surface area (TPSA) is 203 Å². The average Bonchev–Trinajstić information content (AvgIpc) is 3.20. The highest BCUT2D eigenvalue weighted by Crippen LogP contribution is 2.31. The van der Waals surface area contributed by atoms with Crippen LogP contribution in [0, 0.1) is 13.8 Å². The number of hydrogen-bond donors (Lipinski definition) is 2. The summed E-state index contributed by atoms with van der Waals surface area (Å²) in [6.07, 6.45) is 5.87. The Kier molecular flexibility index (Phi) is 19.0. The summed E-state index contributed by atoms with van der Waals surface area (Å²) in [6, 6.07) is 25.0. The van der Waals surface area contributed by atoms with Gasteiger partial charge in [0.2, 0.25) is 0 Å². The fourth-order valence-electron chi connectivity index (χ4n) is 4.84. The first-order valence-electron chi connectivity index (χ1n) is 17.9. The van der Waals surface area contributed by atoms with Gasteiger partial charge in [-0.3, -0.25) is 14.7 Å². The van der Waals surface area contributed by atoms with E-state index in [4.69, 9.17) is 58.6 Å². The molecule has 0 aliphatic heterocycles. The Morgan fingerprint density at radius 3 is 1.50 bits per heavy atom. The first-order chi connectivity index (χ1) is 28.9. The third-order valence-electron chi connectivity index (χ3n) is 7.68. The number of pyridine rings is 2. The molecule has 0 atom stereocenters. The number of esters is 2. The van der Waals surface area contributed by atoms with Crippen molar-refractivity contribution >= 4 is 76.3 Å². The normalized spacial score (nSPS) is 10.6. The van der Waals surface area contributed by atoms with Crippen molar-refractivity contribution in [1.82, 2.24) is 9.97 Å². The van der Waals surface area contributed by atoms with Crippen molar-refractivity contribution in [3.63, 3.8) is 0 Å². The molecule has 0 aliphatic rings. The number of nitrogens with zero attached hydrogens (tertiary/aromatic N) is 2. The van der Waals surface area contributed by atoms with Crippen LogP contribution >= 0.6 is 33.9 Å². The Labute approximate surface area is 375 Å². The summed E-state index contributed by atoms with van der Waals surface area (Å²) in [5.41, 5.74) is 8.58. The van der Waals surface area contributed by atoms with Crippen molar-refractivity contribution < 1.29 is 45.4 Å². The van der Waals surface area contributed by atoms with E-state index in [0.717, 1.165) is 11.1 Å². The van der Waals surface area contributed by atoms with E-state index >= 15 is 0 Å². The van der Waals surface area contributed by atoms with Gasteiger partial charge in [-0.2, -0.15) is 0 Å². The second-order valence-corrected chi connectivity index (χ2v) is 17.6. The first-order valence-corrected chi connectivity index (χ1v) is 22.5. The van der Waals surface area contributed by atoms with Gasteiger partial charge in [-0.1, -0.05) is 66.0 Å². The predicted octanol–water partition coefficient (Wildman–Crippen LogP) is 10.7. The molecule has 0 saturated carbocycles. The number of nitrogens with two attached hydrogens (primary N) is 1. The lowest BCUT2D eigenvalue weighted by atomic mass is 10.2. The zero-order valence-corrected chi connectivity index (χ0v) is 36.9. The number of benzene rings is 4. The zero-order valence-electron chi connectivity index (χ0n) is 33.0. The van der Waals surface area contributed by atoms with Crippen molar-refractivity contribution in [3.8, 4) is 23.0 Å². The molecule has 14 nitrogen and oxygen atoms in total. The highest BCUT2D eigenvalue weighted by atomic mass is 35.7. The number of carbonyl (C=O) groups is 2. The minimum Gasteiger partial charge on any atom is -0.462 e. The van der Waals surface area contributed by atoms with Gasteiger partial charge in [0.1, 0.15) is 34.1 Å². The van der Waals surface area contributed by atoms with Gasteiger partial charge in [-0.15, -0.1) is 0 Å². The van der Waals surface area contributed by atoms with Crippen LogP contribution in [0.3, 0.4) is 0 Å². The van der Waals surface area contributed by atoms with Gasteiger partial charge in [-0.25, -0.2) is 26.4 Å². The summed E-state index contributed by atoms with van der Waals surface area (Å²) < 4.78 is 70.6. The van der Waals surface area contributed by atoms with Crippen LogP contribution in [0.4, 0.5) is 11.4 Å².